The van der Waals surface area contributed by atoms with Gasteiger partial charge in [-0.2, -0.15) is 0 Å². The van der Waals surface area contributed by atoms with E-state index in [0.29, 0.717) is 31.9 Å². The number of fused-ring (bicyclic) bond motifs is 1. The highest BCUT2D eigenvalue weighted by Gasteiger charge is 2.33. The highest BCUT2D eigenvalue weighted by Crippen LogP contribution is 2.31. The smallest absolute Gasteiger partial charge is 0.338 e. The number of hydrogen-bond donors (Lipinski definition) is 0. The second kappa shape index (κ2) is 9.05. The fourth-order valence-electron chi connectivity index (χ4n) is 3.49. The summed E-state index contributed by atoms with van der Waals surface area (Å²) >= 11 is 2.82. The monoisotopic (exact) mass is 468 g/mol. The van der Waals surface area contributed by atoms with Crippen LogP contribution in [-0.4, -0.2) is 23.1 Å². The number of aromatic nitrogens is 1. The number of carbonyl (C=O) groups is 2. The Morgan fingerprint density at radius 3 is 2.59 bits per heavy atom. The van der Waals surface area contributed by atoms with E-state index in [4.69, 9.17) is 9.47 Å². The van der Waals surface area contributed by atoms with Crippen LogP contribution in [0.5, 0.6) is 5.75 Å². The number of rotatable bonds is 5. The van der Waals surface area contributed by atoms with Crippen LogP contribution < -0.4 is 19.6 Å². The molecule has 3 heterocycles. The molecule has 0 aliphatic carbocycles. The summed E-state index contributed by atoms with van der Waals surface area (Å²) < 4.78 is 12.5. The van der Waals surface area contributed by atoms with Crippen LogP contribution in [0.15, 0.2) is 62.8 Å². The third-order valence-electron chi connectivity index (χ3n) is 4.79. The highest BCUT2D eigenvalue weighted by molar-refractivity contribution is 7.11. The molecule has 4 rings (SSSR count). The molecule has 9 heteroatoms. The van der Waals surface area contributed by atoms with E-state index in [0.717, 1.165) is 4.88 Å². The fourth-order valence-corrected chi connectivity index (χ4v) is 5.26. The summed E-state index contributed by atoms with van der Waals surface area (Å²) in [6.45, 7) is 5.00. The molecule has 1 atom stereocenters. The largest absolute Gasteiger partial charge is 0.463 e. The summed E-state index contributed by atoms with van der Waals surface area (Å²) in [5.74, 6) is -0.567. The fraction of sp³-hybridized carbons (Fsp3) is 0.217. The van der Waals surface area contributed by atoms with Crippen LogP contribution in [-0.2, 0) is 14.3 Å². The van der Waals surface area contributed by atoms with E-state index >= 15 is 0 Å². The number of ether oxygens (including phenoxy) is 2. The van der Waals surface area contributed by atoms with Gasteiger partial charge in [0.2, 0.25) is 0 Å². The van der Waals surface area contributed by atoms with Crippen LogP contribution in [0.1, 0.15) is 37.3 Å². The minimum atomic E-state index is -0.706. The van der Waals surface area contributed by atoms with E-state index in [1.165, 1.54) is 34.2 Å². The maximum Gasteiger partial charge on any atom is 0.338 e. The van der Waals surface area contributed by atoms with Gasteiger partial charge in [-0.15, -0.1) is 11.3 Å². The van der Waals surface area contributed by atoms with Crippen molar-refractivity contribution >= 4 is 40.7 Å². The van der Waals surface area contributed by atoms with Crippen LogP contribution in [0.3, 0.4) is 0 Å². The molecule has 32 heavy (non-hydrogen) atoms. The van der Waals surface area contributed by atoms with Crippen LogP contribution in [0.25, 0.3) is 6.08 Å². The third-order valence-corrected chi connectivity index (χ3v) is 6.59. The van der Waals surface area contributed by atoms with Crippen molar-refractivity contribution in [2.75, 3.05) is 6.61 Å². The molecule has 1 aromatic carbocycles. The molecule has 1 aliphatic heterocycles. The maximum absolute atomic E-state index is 13.4. The van der Waals surface area contributed by atoms with Gasteiger partial charge in [0, 0.05) is 11.8 Å². The molecule has 1 aliphatic rings. The number of allylic oxidation sites excluding steroid dienone is 1. The summed E-state index contributed by atoms with van der Waals surface area (Å²) in [6.07, 6.45) is 1.83. The quantitative estimate of drug-likeness (QED) is 0.425. The predicted molar refractivity (Wildman–Crippen MR) is 122 cm³/mol. The maximum atomic E-state index is 13.4. The average Bonchev–Trinajstić information content (AvgIpc) is 3.36. The van der Waals surface area contributed by atoms with Crippen molar-refractivity contribution in [3.8, 4) is 5.75 Å². The van der Waals surface area contributed by atoms with Crippen molar-refractivity contribution in [1.29, 1.82) is 0 Å². The lowest BCUT2D eigenvalue weighted by Crippen LogP contribution is -2.39. The molecule has 3 aromatic rings. The molecule has 0 bridgehead atoms. The summed E-state index contributed by atoms with van der Waals surface area (Å²) in [5.41, 5.74) is 1.26. The van der Waals surface area contributed by atoms with Gasteiger partial charge < -0.3 is 9.47 Å². The van der Waals surface area contributed by atoms with Crippen molar-refractivity contribution in [3.63, 3.8) is 0 Å². The Bertz CT molecular complexity index is 1380. The normalized spacial score (nSPS) is 15.8. The number of thiophene rings is 1. The van der Waals surface area contributed by atoms with Gasteiger partial charge in [-0.05, 0) is 49.1 Å². The Labute approximate surface area is 191 Å². The molecular formula is C23H20N2O5S2. The SMILES string of the molecule is CCOC(=O)C1=C(C)N=c2sc(=Cc3cccs3)c(=O)n2C1c1ccc(OC(C)=O)cc1. The van der Waals surface area contributed by atoms with E-state index in [1.807, 2.05) is 23.6 Å². The molecule has 1 unspecified atom stereocenters. The lowest BCUT2D eigenvalue weighted by Gasteiger charge is -2.24. The van der Waals surface area contributed by atoms with Gasteiger partial charge in [0.05, 0.1) is 28.5 Å². The van der Waals surface area contributed by atoms with Gasteiger partial charge in [-0.25, -0.2) is 9.79 Å². The van der Waals surface area contributed by atoms with Gasteiger partial charge in [-0.1, -0.05) is 29.5 Å². The first-order valence-corrected chi connectivity index (χ1v) is 11.6. The van der Waals surface area contributed by atoms with Crippen LogP contribution in [0.4, 0.5) is 0 Å². The molecule has 0 spiro atoms. The Morgan fingerprint density at radius 1 is 1.22 bits per heavy atom. The molecule has 0 N–H and O–H groups in total. The molecule has 0 saturated heterocycles. The van der Waals surface area contributed by atoms with E-state index < -0.39 is 18.0 Å². The molecule has 0 fully saturated rings. The number of benzene rings is 1. The van der Waals surface area contributed by atoms with Crippen LogP contribution in [0, 0.1) is 0 Å². The average molecular weight is 469 g/mol. The predicted octanol–water partition coefficient (Wildman–Crippen LogP) is 2.79. The van der Waals surface area contributed by atoms with Gasteiger partial charge in [0.1, 0.15) is 5.75 Å². The zero-order chi connectivity index (χ0) is 22.8. The van der Waals surface area contributed by atoms with Crippen molar-refractivity contribution in [3.05, 3.63) is 83.2 Å². The van der Waals surface area contributed by atoms with Crippen molar-refractivity contribution in [2.24, 2.45) is 4.99 Å². The topological polar surface area (TPSA) is 87.0 Å². The van der Waals surface area contributed by atoms with E-state index in [-0.39, 0.29) is 12.2 Å². The van der Waals surface area contributed by atoms with Crippen molar-refractivity contribution in [2.45, 2.75) is 26.8 Å². The van der Waals surface area contributed by atoms with Crippen LogP contribution >= 0.6 is 22.7 Å². The molecule has 164 valence electrons. The standard InChI is InChI=1S/C23H20N2O5S2/c1-4-29-22(28)19-13(2)24-23-25(21(27)18(32-23)12-17-6-5-11-31-17)20(19)15-7-9-16(10-8-15)30-14(3)26/h5-12,20H,4H2,1-3H3. The first-order valence-electron chi connectivity index (χ1n) is 9.90. The molecule has 7 nitrogen and oxygen atoms in total. The summed E-state index contributed by atoms with van der Waals surface area (Å²) in [5, 5.41) is 1.94. The minimum absolute atomic E-state index is 0.205. The number of hydrogen-bond acceptors (Lipinski definition) is 8. The first-order chi connectivity index (χ1) is 15.4. The summed E-state index contributed by atoms with van der Waals surface area (Å²) in [6, 6.07) is 9.89. The summed E-state index contributed by atoms with van der Waals surface area (Å²) in [4.78, 5) is 43.5. The molecule has 0 saturated carbocycles. The van der Waals surface area contributed by atoms with Crippen molar-refractivity contribution in [1.82, 2.24) is 4.57 Å². The first kappa shape index (κ1) is 21.9. The van der Waals surface area contributed by atoms with Gasteiger partial charge in [0.25, 0.3) is 5.56 Å². The molecule has 0 amide bonds. The van der Waals surface area contributed by atoms with E-state index in [2.05, 4.69) is 4.99 Å². The zero-order valence-electron chi connectivity index (χ0n) is 17.7. The number of nitrogens with zero attached hydrogens (tertiary/aromatic N) is 2. The van der Waals surface area contributed by atoms with Gasteiger partial charge in [-0.3, -0.25) is 14.2 Å². The third kappa shape index (κ3) is 4.21. The lowest BCUT2D eigenvalue weighted by molar-refractivity contribution is -0.139. The minimum Gasteiger partial charge on any atom is -0.463 e. The number of esters is 2. The Kier molecular flexibility index (Phi) is 6.20. The lowest BCUT2D eigenvalue weighted by atomic mass is 9.96. The second-order valence-electron chi connectivity index (χ2n) is 6.98. The van der Waals surface area contributed by atoms with Crippen molar-refractivity contribution < 1.29 is 19.1 Å². The second-order valence-corrected chi connectivity index (χ2v) is 8.97. The number of thiazole rings is 1. The van der Waals surface area contributed by atoms with Gasteiger partial charge >= 0.3 is 11.9 Å². The Morgan fingerprint density at radius 2 is 1.97 bits per heavy atom. The molecular weight excluding hydrogens is 448 g/mol. The van der Waals surface area contributed by atoms with E-state index in [1.54, 1.807) is 38.1 Å². The highest BCUT2D eigenvalue weighted by atomic mass is 32.1. The zero-order valence-corrected chi connectivity index (χ0v) is 19.3. The Balaban J connectivity index is 1.90. The van der Waals surface area contributed by atoms with Crippen LogP contribution in [0.2, 0.25) is 0 Å². The molecule has 2 aromatic heterocycles. The Hall–Kier alpha value is -3.30. The van der Waals surface area contributed by atoms with Gasteiger partial charge in [0.15, 0.2) is 4.80 Å². The summed E-state index contributed by atoms with van der Waals surface area (Å²) in [7, 11) is 0. The number of carbonyl (C=O) groups excluding carboxylic acids is 2. The van der Waals surface area contributed by atoms with E-state index in [9.17, 15) is 14.4 Å². The molecule has 0 radical (unpaired) electrons.